The normalized spacial score (nSPS) is 14.2. The zero-order valence-electron chi connectivity index (χ0n) is 16.1. The third kappa shape index (κ3) is 4.73. The van der Waals surface area contributed by atoms with Gasteiger partial charge in [-0.15, -0.1) is 10.2 Å². The Morgan fingerprint density at radius 3 is 2.62 bits per heavy atom. The smallest absolute Gasteiger partial charge is 0.284 e. The Hall–Kier alpha value is -2.94. The van der Waals surface area contributed by atoms with Gasteiger partial charge in [-0.1, -0.05) is 11.8 Å². The number of furan rings is 1. The van der Waals surface area contributed by atoms with E-state index in [9.17, 15) is 4.79 Å². The topological polar surface area (TPSA) is 84.8 Å². The van der Waals surface area contributed by atoms with Gasteiger partial charge in [0.05, 0.1) is 13.4 Å². The summed E-state index contributed by atoms with van der Waals surface area (Å²) in [6.07, 6.45) is 1.99. The van der Waals surface area contributed by atoms with Gasteiger partial charge in [-0.05, 0) is 36.4 Å². The van der Waals surface area contributed by atoms with Crippen molar-refractivity contribution >= 4 is 23.4 Å². The molecule has 1 amide bonds. The van der Waals surface area contributed by atoms with Crippen molar-refractivity contribution in [3.63, 3.8) is 0 Å². The molecule has 152 valence electrons. The molecule has 0 radical (unpaired) electrons. The first-order chi connectivity index (χ1) is 14.2. The fourth-order valence-corrected chi connectivity index (χ4v) is 3.85. The summed E-state index contributed by atoms with van der Waals surface area (Å²) in [6, 6.07) is 11.5. The third-order valence-corrected chi connectivity index (χ3v) is 5.57. The van der Waals surface area contributed by atoms with Crippen molar-refractivity contribution in [2.45, 2.75) is 11.6 Å². The molecule has 0 saturated carbocycles. The monoisotopic (exact) mass is 414 g/mol. The molecule has 9 heteroatoms. The number of carbonyl (C=O) groups excluding carboxylic acids is 1. The van der Waals surface area contributed by atoms with Crippen molar-refractivity contribution < 1.29 is 18.4 Å². The van der Waals surface area contributed by atoms with E-state index in [1.54, 1.807) is 25.5 Å². The number of piperazine rings is 1. The highest BCUT2D eigenvalue weighted by molar-refractivity contribution is 7.99. The minimum Gasteiger partial charge on any atom is -0.497 e. The molecule has 0 bridgehead atoms. The molecule has 1 aromatic carbocycles. The van der Waals surface area contributed by atoms with Crippen LogP contribution in [0, 0.1) is 0 Å². The number of methoxy groups -OCH3 is 1. The maximum absolute atomic E-state index is 12.5. The maximum Gasteiger partial charge on any atom is 0.284 e. The van der Waals surface area contributed by atoms with E-state index in [1.165, 1.54) is 11.8 Å². The van der Waals surface area contributed by atoms with E-state index in [2.05, 4.69) is 15.1 Å². The molecule has 1 aliphatic rings. The molecule has 0 atom stereocenters. The Balaban J connectivity index is 1.21. The fraction of sp³-hybridized carbons (Fsp3) is 0.350. The van der Waals surface area contributed by atoms with Crippen LogP contribution in [0.1, 0.15) is 6.42 Å². The van der Waals surface area contributed by atoms with Gasteiger partial charge in [-0.3, -0.25) is 4.79 Å². The minimum atomic E-state index is 0.151. The first-order valence-electron chi connectivity index (χ1n) is 9.40. The van der Waals surface area contributed by atoms with E-state index < -0.39 is 0 Å². The molecule has 0 aliphatic carbocycles. The molecular formula is C20H22N4O4S. The number of thioether (sulfide) groups is 1. The molecule has 3 aromatic rings. The van der Waals surface area contributed by atoms with Crippen LogP contribution in [0.3, 0.4) is 0 Å². The summed E-state index contributed by atoms with van der Waals surface area (Å²) in [5, 5.41) is 8.38. The number of anilines is 1. The van der Waals surface area contributed by atoms with E-state index >= 15 is 0 Å². The van der Waals surface area contributed by atoms with Crippen LogP contribution in [0.25, 0.3) is 11.7 Å². The van der Waals surface area contributed by atoms with Gasteiger partial charge < -0.3 is 23.4 Å². The molecule has 8 nitrogen and oxygen atoms in total. The molecule has 29 heavy (non-hydrogen) atoms. The Labute approximate surface area is 172 Å². The molecule has 2 aromatic heterocycles. The average Bonchev–Trinajstić information content (AvgIpc) is 3.46. The summed E-state index contributed by atoms with van der Waals surface area (Å²) in [5.41, 5.74) is 1.15. The summed E-state index contributed by atoms with van der Waals surface area (Å²) in [5.74, 6) is 2.47. The lowest BCUT2D eigenvalue weighted by Crippen LogP contribution is -2.48. The van der Waals surface area contributed by atoms with Crippen LogP contribution >= 0.6 is 11.8 Å². The summed E-state index contributed by atoms with van der Waals surface area (Å²) < 4.78 is 16.0. The lowest BCUT2D eigenvalue weighted by molar-refractivity contribution is -0.131. The maximum atomic E-state index is 12.5. The molecule has 1 saturated heterocycles. The number of hydrogen-bond acceptors (Lipinski definition) is 8. The molecule has 0 N–H and O–H groups in total. The lowest BCUT2D eigenvalue weighted by Gasteiger charge is -2.36. The quantitative estimate of drug-likeness (QED) is 0.545. The SMILES string of the molecule is COc1ccc(N2CCN(C(=O)CCSc3nnc(-c4ccco4)o3)CC2)cc1. The van der Waals surface area contributed by atoms with Crippen molar-refractivity contribution in [1.82, 2.24) is 15.1 Å². The predicted molar refractivity (Wildman–Crippen MR) is 109 cm³/mol. The third-order valence-electron chi connectivity index (χ3n) is 4.75. The Morgan fingerprint density at radius 1 is 1.14 bits per heavy atom. The highest BCUT2D eigenvalue weighted by atomic mass is 32.2. The molecular weight excluding hydrogens is 392 g/mol. The van der Waals surface area contributed by atoms with E-state index in [0.717, 1.165) is 37.6 Å². The summed E-state index contributed by atoms with van der Waals surface area (Å²) >= 11 is 1.38. The summed E-state index contributed by atoms with van der Waals surface area (Å²) in [6.45, 7) is 3.08. The molecule has 4 rings (SSSR count). The number of hydrogen-bond donors (Lipinski definition) is 0. The Bertz CT molecular complexity index is 918. The summed E-state index contributed by atoms with van der Waals surface area (Å²) in [7, 11) is 1.66. The van der Waals surface area contributed by atoms with Crippen molar-refractivity contribution in [2.24, 2.45) is 0 Å². The predicted octanol–water partition coefficient (Wildman–Crippen LogP) is 3.17. The van der Waals surface area contributed by atoms with Gasteiger partial charge in [0.2, 0.25) is 5.91 Å². The van der Waals surface area contributed by atoms with Crippen LogP contribution in [-0.4, -0.2) is 60.0 Å². The highest BCUT2D eigenvalue weighted by Gasteiger charge is 2.21. The second-order valence-electron chi connectivity index (χ2n) is 6.51. The van der Waals surface area contributed by atoms with Crippen LogP contribution in [-0.2, 0) is 4.79 Å². The van der Waals surface area contributed by atoms with Gasteiger partial charge in [0.15, 0.2) is 5.76 Å². The van der Waals surface area contributed by atoms with Crippen molar-refractivity contribution in [1.29, 1.82) is 0 Å². The summed E-state index contributed by atoms with van der Waals surface area (Å²) in [4.78, 5) is 16.7. The number of ether oxygens (including phenoxy) is 1. The van der Waals surface area contributed by atoms with E-state index in [4.69, 9.17) is 13.6 Å². The van der Waals surface area contributed by atoms with Crippen LogP contribution < -0.4 is 9.64 Å². The molecule has 0 spiro atoms. The second kappa shape index (κ2) is 9.04. The average molecular weight is 414 g/mol. The van der Waals surface area contributed by atoms with Crippen molar-refractivity contribution in [3.05, 3.63) is 42.7 Å². The van der Waals surface area contributed by atoms with E-state index in [-0.39, 0.29) is 5.91 Å². The lowest BCUT2D eigenvalue weighted by atomic mass is 10.2. The van der Waals surface area contributed by atoms with Crippen LogP contribution in [0.2, 0.25) is 0 Å². The van der Waals surface area contributed by atoms with Crippen LogP contribution in [0.4, 0.5) is 5.69 Å². The number of amides is 1. The van der Waals surface area contributed by atoms with Crippen LogP contribution in [0.5, 0.6) is 5.75 Å². The number of benzene rings is 1. The highest BCUT2D eigenvalue weighted by Crippen LogP contribution is 2.24. The number of rotatable bonds is 7. The van der Waals surface area contributed by atoms with Gasteiger partial charge in [0, 0.05) is 44.0 Å². The molecule has 1 fully saturated rings. The first-order valence-corrected chi connectivity index (χ1v) is 10.4. The Kier molecular flexibility index (Phi) is 6.04. The standard InChI is InChI=1S/C20H22N4O4S/c1-26-16-6-4-15(5-7-16)23-9-11-24(12-10-23)18(25)8-14-29-20-22-21-19(28-20)17-3-2-13-27-17/h2-7,13H,8-12,14H2,1H3. The molecule has 3 heterocycles. The molecule has 0 unspecified atom stereocenters. The molecule has 1 aliphatic heterocycles. The zero-order valence-corrected chi connectivity index (χ0v) is 16.9. The van der Waals surface area contributed by atoms with E-state index in [0.29, 0.717) is 29.0 Å². The number of aromatic nitrogens is 2. The first kappa shape index (κ1) is 19.4. The van der Waals surface area contributed by atoms with Crippen molar-refractivity contribution in [2.75, 3.05) is 43.9 Å². The van der Waals surface area contributed by atoms with Gasteiger partial charge in [0.1, 0.15) is 5.75 Å². The minimum absolute atomic E-state index is 0.151. The van der Waals surface area contributed by atoms with Gasteiger partial charge in [-0.25, -0.2) is 0 Å². The van der Waals surface area contributed by atoms with Crippen molar-refractivity contribution in [3.8, 4) is 17.4 Å². The Morgan fingerprint density at radius 2 is 1.93 bits per heavy atom. The largest absolute Gasteiger partial charge is 0.497 e. The van der Waals surface area contributed by atoms with Gasteiger partial charge in [-0.2, -0.15) is 0 Å². The second-order valence-corrected chi connectivity index (χ2v) is 7.56. The van der Waals surface area contributed by atoms with Gasteiger partial charge in [0.25, 0.3) is 11.1 Å². The van der Waals surface area contributed by atoms with Gasteiger partial charge >= 0.3 is 0 Å². The van der Waals surface area contributed by atoms with Crippen LogP contribution in [0.15, 0.2) is 56.7 Å². The number of nitrogens with zero attached hydrogens (tertiary/aromatic N) is 4. The fourth-order valence-electron chi connectivity index (χ4n) is 3.16. The number of carbonyl (C=O) groups is 1. The van der Waals surface area contributed by atoms with E-state index in [1.807, 2.05) is 29.2 Å². The zero-order chi connectivity index (χ0) is 20.1.